The van der Waals surface area contributed by atoms with E-state index in [1.165, 1.54) is 5.56 Å². The average Bonchev–Trinajstić information content (AvgIpc) is 2.85. The lowest BCUT2D eigenvalue weighted by molar-refractivity contribution is 0.291. The summed E-state index contributed by atoms with van der Waals surface area (Å²) in [6, 6.07) is 19.7. The summed E-state index contributed by atoms with van der Waals surface area (Å²) in [5.41, 5.74) is 2.04. The third kappa shape index (κ3) is 5.78. The first-order valence-corrected chi connectivity index (χ1v) is 11.1. The zero-order chi connectivity index (χ0) is 22.0. The summed E-state index contributed by atoms with van der Waals surface area (Å²) in [4.78, 5) is 9.36. The van der Waals surface area contributed by atoms with E-state index in [1.807, 2.05) is 48.5 Å². The van der Waals surface area contributed by atoms with Crippen molar-refractivity contribution >= 4 is 5.84 Å². The number of benzene rings is 2. The minimum absolute atomic E-state index is 0.510. The van der Waals surface area contributed by atoms with Gasteiger partial charge in [-0.1, -0.05) is 24.3 Å². The lowest BCUT2D eigenvalue weighted by Gasteiger charge is -2.15. The Morgan fingerprint density at radius 2 is 1.88 bits per heavy atom. The van der Waals surface area contributed by atoms with Gasteiger partial charge in [0, 0.05) is 19.3 Å². The van der Waals surface area contributed by atoms with Gasteiger partial charge in [0.1, 0.15) is 11.6 Å². The summed E-state index contributed by atoms with van der Waals surface area (Å²) in [7, 11) is 1.69. The molecule has 0 amide bonds. The fraction of sp³-hybridized carbons (Fsp3) is 0.308. The van der Waals surface area contributed by atoms with Crippen LogP contribution >= 0.6 is 0 Å². The molecule has 1 N–H and O–H groups in total. The molecule has 0 atom stereocenters. The molecule has 2 aromatic carbocycles. The molecule has 32 heavy (non-hydrogen) atoms. The molecule has 0 saturated carbocycles. The number of aromatic nitrogens is 1. The van der Waals surface area contributed by atoms with E-state index in [2.05, 4.69) is 22.4 Å². The van der Waals surface area contributed by atoms with Gasteiger partial charge in [0.15, 0.2) is 11.5 Å². The number of methoxy groups -OCH3 is 1. The van der Waals surface area contributed by atoms with E-state index in [4.69, 9.17) is 19.2 Å². The average molecular weight is 432 g/mol. The highest BCUT2D eigenvalue weighted by molar-refractivity contribution is 6.00. The van der Waals surface area contributed by atoms with Crippen LogP contribution in [-0.2, 0) is 6.42 Å². The predicted molar refractivity (Wildman–Crippen MR) is 126 cm³/mol. The van der Waals surface area contributed by atoms with E-state index < -0.39 is 0 Å². The Morgan fingerprint density at radius 3 is 2.78 bits per heavy atom. The quantitative estimate of drug-likeness (QED) is 0.628. The van der Waals surface area contributed by atoms with Crippen LogP contribution < -0.4 is 19.5 Å². The summed E-state index contributed by atoms with van der Waals surface area (Å²) < 4.78 is 17.5. The van der Waals surface area contributed by atoms with E-state index in [0.717, 1.165) is 61.7 Å². The largest absolute Gasteiger partial charge is 0.497 e. The van der Waals surface area contributed by atoms with Gasteiger partial charge in [-0.2, -0.15) is 0 Å². The Morgan fingerprint density at radius 1 is 0.969 bits per heavy atom. The van der Waals surface area contributed by atoms with Gasteiger partial charge in [0.05, 0.1) is 19.3 Å². The Hall–Kier alpha value is -3.54. The van der Waals surface area contributed by atoms with E-state index in [-0.39, 0.29) is 0 Å². The number of amidine groups is 1. The van der Waals surface area contributed by atoms with E-state index in [0.29, 0.717) is 18.2 Å². The minimum atomic E-state index is 0.510. The highest BCUT2D eigenvalue weighted by Crippen LogP contribution is 2.32. The van der Waals surface area contributed by atoms with Crippen molar-refractivity contribution < 1.29 is 14.2 Å². The standard InChI is InChI=1S/C26H29N3O3/c1-30-21-10-7-9-20(19-21)14-17-28-25-22-11-8-16-29-26(22)32-24-13-4-3-12-23(24)31-18-6-2-5-15-27-25/h3-4,7-13,16,19H,2,5-6,14-15,17-18H2,1H3,(H,27,28). The van der Waals surface area contributed by atoms with Crippen molar-refractivity contribution in [2.45, 2.75) is 25.7 Å². The maximum absolute atomic E-state index is 6.21. The fourth-order valence-electron chi connectivity index (χ4n) is 3.56. The molecule has 1 aromatic heterocycles. The fourth-order valence-corrected chi connectivity index (χ4v) is 3.56. The molecular formula is C26H29N3O3. The first-order valence-electron chi connectivity index (χ1n) is 11.1. The first-order chi connectivity index (χ1) is 15.8. The van der Waals surface area contributed by atoms with Crippen molar-refractivity contribution in [1.82, 2.24) is 10.3 Å². The van der Waals surface area contributed by atoms with Crippen LogP contribution in [0.5, 0.6) is 23.1 Å². The van der Waals surface area contributed by atoms with Gasteiger partial charge in [-0.05, 0) is 67.6 Å². The number of ether oxygens (including phenoxy) is 3. The van der Waals surface area contributed by atoms with E-state index >= 15 is 0 Å². The number of hydrogen-bond donors (Lipinski definition) is 1. The lowest BCUT2D eigenvalue weighted by Crippen LogP contribution is -2.28. The number of nitrogens with zero attached hydrogens (tertiary/aromatic N) is 2. The molecule has 0 unspecified atom stereocenters. The van der Waals surface area contributed by atoms with Crippen molar-refractivity contribution in [2.24, 2.45) is 4.99 Å². The topological polar surface area (TPSA) is 65.0 Å². The van der Waals surface area contributed by atoms with Crippen molar-refractivity contribution in [3.05, 3.63) is 78.0 Å². The third-order valence-corrected chi connectivity index (χ3v) is 5.25. The zero-order valence-corrected chi connectivity index (χ0v) is 18.4. The summed E-state index contributed by atoms with van der Waals surface area (Å²) >= 11 is 0. The van der Waals surface area contributed by atoms with Crippen molar-refractivity contribution in [2.75, 3.05) is 26.8 Å². The molecule has 1 aliphatic rings. The number of hydrogen-bond acceptors (Lipinski definition) is 6. The Balaban J connectivity index is 1.56. The molecule has 3 aromatic rings. The number of nitrogens with one attached hydrogen (secondary N) is 1. The molecule has 2 heterocycles. The number of pyridine rings is 1. The van der Waals surface area contributed by atoms with Crippen LogP contribution in [0.4, 0.5) is 0 Å². The summed E-state index contributed by atoms with van der Waals surface area (Å²) in [6.07, 6.45) is 5.62. The Labute approximate surface area is 189 Å². The highest BCUT2D eigenvalue weighted by Gasteiger charge is 2.15. The van der Waals surface area contributed by atoms with Crippen molar-refractivity contribution in [1.29, 1.82) is 0 Å². The van der Waals surface area contributed by atoms with Crippen LogP contribution in [0.15, 0.2) is 71.9 Å². The molecule has 1 aliphatic heterocycles. The van der Waals surface area contributed by atoms with Crippen LogP contribution in [-0.4, -0.2) is 37.6 Å². The molecule has 0 aliphatic carbocycles. The van der Waals surface area contributed by atoms with Crippen LogP contribution in [0, 0.1) is 0 Å². The monoisotopic (exact) mass is 431 g/mol. The molecule has 0 spiro atoms. The highest BCUT2D eigenvalue weighted by atomic mass is 16.5. The SMILES string of the molecule is COc1cccc(CCNC2=NCCCCCOc3ccccc3Oc3ncccc32)c1. The number of para-hydroxylation sites is 2. The second-order valence-corrected chi connectivity index (χ2v) is 7.57. The molecule has 166 valence electrons. The molecular weight excluding hydrogens is 402 g/mol. The molecule has 6 nitrogen and oxygen atoms in total. The van der Waals surface area contributed by atoms with Crippen molar-refractivity contribution in [3.63, 3.8) is 0 Å². The summed E-state index contributed by atoms with van der Waals surface area (Å²) in [5.74, 6) is 3.56. The van der Waals surface area contributed by atoms with E-state index in [1.54, 1.807) is 13.3 Å². The molecule has 0 bridgehead atoms. The van der Waals surface area contributed by atoms with Crippen LogP contribution in [0.2, 0.25) is 0 Å². The van der Waals surface area contributed by atoms with Gasteiger partial charge in [0.2, 0.25) is 5.88 Å². The maximum Gasteiger partial charge on any atom is 0.230 e. The predicted octanol–water partition coefficient (Wildman–Crippen LogP) is 5.02. The third-order valence-electron chi connectivity index (χ3n) is 5.25. The van der Waals surface area contributed by atoms with Gasteiger partial charge in [-0.15, -0.1) is 0 Å². The Bertz CT molecular complexity index is 1050. The van der Waals surface area contributed by atoms with Gasteiger partial charge in [-0.3, -0.25) is 4.99 Å². The number of aliphatic imine (C=N–C) groups is 1. The van der Waals surface area contributed by atoms with E-state index in [9.17, 15) is 0 Å². The first kappa shape index (κ1) is 21.7. The molecule has 4 rings (SSSR count). The van der Waals surface area contributed by atoms with Gasteiger partial charge in [-0.25, -0.2) is 4.98 Å². The molecule has 0 radical (unpaired) electrons. The summed E-state index contributed by atoms with van der Waals surface area (Å²) in [5, 5.41) is 3.51. The van der Waals surface area contributed by atoms with Gasteiger partial charge < -0.3 is 19.5 Å². The van der Waals surface area contributed by atoms with Crippen LogP contribution in [0.1, 0.15) is 30.4 Å². The normalized spacial score (nSPS) is 14.1. The van der Waals surface area contributed by atoms with Gasteiger partial charge >= 0.3 is 0 Å². The second-order valence-electron chi connectivity index (χ2n) is 7.57. The summed E-state index contributed by atoms with van der Waals surface area (Å²) in [6.45, 7) is 2.13. The van der Waals surface area contributed by atoms with Crippen molar-refractivity contribution in [3.8, 4) is 23.1 Å². The van der Waals surface area contributed by atoms with Crippen LogP contribution in [0.25, 0.3) is 0 Å². The number of rotatable bonds is 4. The Kier molecular flexibility index (Phi) is 7.58. The minimum Gasteiger partial charge on any atom is -0.497 e. The van der Waals surface area contributed by atoms with Crippen LogP contribution in [0.3, 0.4) is 0 Å². The lowest BCUT2D eigenvalue weighted by atomic mass is 10.1. The second kappa shape index (κ2) is 11.2. The number of fused-ring (bicyclic) bond motifs is 2. The molecule has 6 heteroatoms. The molecule has 0 fully saturated rings. The smallest absolute Gasteiger partial charge is 0.230 e. The maximum atomic E-state index is 6.21. The van der Waals surface area contributed by atoms with Gasteiger partial charge in [0.25, 0.3) is 0 Å². The molecule has 0 saturated heterocycles. The zero-order valence-electron chi connectivity index (χ0n) is 18.4.